The number of ether oxygens (including phenoxy) is 1. The Balaban J connectivity index is 1.45. The van der Waals surface area contributed by atoms with Gasteiger partial charge in [-0.3, -0.25) is 9.80 Å². The molecule has 3 aliphatic heterocycles. The van der Waals surface area contributed by atoms with Crippen molar-refractivity contribution in [1.82, 2.24) is 14.7 Å². The van der Waals surface area contributed by atoms with Crippen LogP contribution in [0.25, 0.3) is 0 Å². The molecule has 5 nitrogen and oxygen atoms in total. The van der Waals surface area contributed by atoms with Crippen LogP contribution in [-0.4, -0.2) is 98.5 Å². The van der Waals surface area contributed by atoms with Crippen molar-refractivity contribution in [3.8, 4) is 11.8 Å². The predicted molar refractivity (Wildman–Crippen MR) is 125 cm³/mol. The van der Waals surface area contributed by atoms with E-state index in [1.165, 1.54) is 44.3 Å². The van der Waals surface area contributed by atoms with Gasteiger partial charge >= 0.3 is 0 Å². The Morgan fingerprint density at radius 1 is 1.10 bits per heavy atom. The van der Waals surface area contributed by atoms with E-state index < -0.39 is 0 Å². The van der Waals surface area contributed by atoms with Crippen molar-refractivity contribution in [1.29, 1.82) is 0 Å². The number of hydrogen-bond donors (Lipinski definition) is 1. The molecule has 1 N–H and O–H groups in total. The third kappa shape index (κ3) is 5.69. The van der Waals surface area contributed by atoms with Crippen molar-refractivity contribution in [2.45, 2.75) is 43.7 Å². The summed E-state index contributed by atoms with van der Waals surface area (Å²) in [6.07, 6.45) is 4.88. The number of rotatable bonds is 5. The van der Waals surface area contributed by atoms with Crippen LogP contribution in [0.15, 0.2) is 24.3 Å². The minimum atomic E-state index is 0.242. The number of nitrogens with zero attached hydrogens (tertiary/aromatic N) is 3. The summed E-state index contributed by atoms with van der Waals surface area (Å²) in [6, 6.07) is 9.54. The van der Waals surface area contributed by atoms with Crippen molar-refractivity contribution in [3.63, 3.8) is 0 Å². The van der Waals surface area contributed by atoms with Gasteiger partial charge in [0.15, 0.2) is 0 Å². The van der Waals surface area contributed by atoms with E-state index in [1.54, 1.807) is 0 Å². The molecule has 1 aromatic rings. The molecule has 170 valence electrons. The first-order valence-corrected chi connectivity index (χ1v) is 12.1. The summed E-state index contributed by atoms with van der Waals surface area (Å²) in [5.74, 6) is 7.65. The second-order valence-corrected chi connectivity index (χ2v) is 9.76. The third-order valence-corrected chi connectivity index (χ3v) is 7.23. The molecule has 0 saturated carbocycles. The van der Waals surface area contributed by atoms with Gasteiger partial charge in [-0.2, -0.15) is 0 Å². The van der Waals surface area contributed by atoms with Gasteiger partial charge in [-0.25, -0.2) is 0 Å². The molecule has 3 aliphatic rings. The predicted octanol–water partition coefficient (Wildman–Crippen LogP) is 2.25. The first-order chi connectivity index (χ1) is 15.2. The van der Waals surface area contributed by atoms with Gasteiger partial charge in [-0.1, -0.05) is 24.0 Å². The van der Waals surface area contributed by atoms with Crippen molar-refractivity contribution >= 4 is 0 Å². The number of aliphatic hydroxyl groups is 1. The topological polar surface area (TPSA) is 39.2 Å². The normalized spacial score (nSPS) is 28.2. The average Bonchev–Trinajstić information content (AvgIpc) is 2.76. The van der Waals surface area contributed by atoms with E-state index in [9.17, 15) is 5.11 Å². The zero-order valence-corrected chi connectivity index (χ0v) is 19.3. The van der Waals surface area contributed by atoms with Crippen LogP contribution in [-0.2, 0) is 4.74 Å². The standard InChI is InChI=1S/C26H39N3O2/c1-27(2)13-5-6-21-7-9-23(10-8-21)26-24-19-28(18-22-11-16-31-17-12-22)14-3-4-15-29(24)25(26)20-30/h7-10,22,24-26,30H,3-4,11-20H2,1-2H3/t24-,25-,26+/m1/s1. The van der Waals surface area contributed by atoms with Crippen LogP contribution in [0, 0.1) is 17.8 Å². The molecule has 5 heteroatoms. The number of fused-ring (bicyclic) bond motifs is 1. The van der Waals surface area contributed by atoms with Crippen LogP contribution in [0.5, 0.6) is 0 Å². The van der Waals surface area contributed by atoms with Crippen molar-refractivity contribution < 1.29 is 9.84 Å². The Morgan fingerprint density at radius 3 is 2.55 bits per heavy atom. The lowest BCUT2D eigenvalue weighted by Crippen LogP contribution is -2.67. The summed E-state index contributed by atoms with van der Waals surface area (Å²) in [7, 11) is 4.07. The quantitative estimate of drug-likeness (QED) is 0.733. The summed E-state index contributed by atoms with van der Waals surface area (Å²) in [5, 5.41) is 10.2. The summed E-state index contributed by atoms with van der Waals surface area (Å²) in [6.45, 7) is 7.50. The van der Waals surface area contributed by atoms with Crippen molar-refractivity contribution in [2.75, 3.05) is 66.6 Å². The molecule has 31 heavy (non-hydrogen) atoms. The van der Waals surface area contributed by atoms with Gasteiger partial charge in [-0.15, -0.1) is 0 Å². The largest absolute Gasteiger partial charge is 0.395 e. The molecule has 0 aromatic heterocycles. The van der Waals surface area contributed by atoms with E-state index in [2.05, 4.69) is 50.8 Å². The highest BCUT2D eigenvalue weighted by Crippen LogP contribution is 2.42. The van der Waals surface area contributed by atoms with E-state index in [0.29, 0.717) is 12.0 Å². The van der Waals surface area contributed by atoms with Crippen LogP contribution in [0.3, 0.4) is 0 Å². The SMILES string of the molecule is CN(C)CC#Cc1ccc([C@@H]2[C@@H](CO)N3CCCCN(CC4CCOCC4)C[C@H]23)cc1. The smallest absolute Gasteiger partial charge is 0.0600 e. The molecule has 1 aromatic carbocycles. The van der Waals surface area contributed by atoms with E-state index in [1.807, 2.05) is 14.1 Å². The molecule has 4 rings (SSSR count). The van der Waals surface area contributed by atoms with Crippen LogP contribution in [0.2, 0.25) is 0 Å². The zero-order valence-electron chi connectivity index (χ0n) is 19.3. The number of benzene rings is 1. The van der Waals surface area contributed by atoms with Crippen LogP contribution < -0.4 is 0 Å². The zero-order chi connectivity index (χ0) is 21.6. The fraction of sp³-hybridized carbons (Fsp3) is 0.692. The van der Waals surface area contributed by atoms with Crippen LogP contribution >= 0.6 is 0 Å². The van der Waals surface area contributed by atoms with E-state index in [4.69, 9.17) is 4.74 Å². The molecule has 0 aliphatic carbocycles. The minimum Gasteiger partial charge on any atom is -0.395 e. The van der Waals surface area contributed by atoms with Gasteiger partial charge in [0.25, 0.3) is 0 Å². The highest BCUT2D eigenvalue weighted by molar-refractivity contribution is 5.39. The first-order valence-electron chi connectivity index (χ1n) is 12.1. The summed E-state index contributed by atoms with van der Waals surface area (Å²) >= 11 is 0. The maximum Gasteiger partial charge on any atom is 0.0600 e. The second-order valence-electron chi connectivity index (χ2n) is 9.76. The lowest BCUT2D eigenvalue weighted by Gasteiger charge is -2.57. The van der Waals surface area contributed by atoms with Crippen LogP contribution in [0.4, 0.5) is 0 Å². The molecular formula is C26H39N3O2. The van der Waals surface area contributed by atoms with Crippen molar-refractivity contribution in [2.24, 2.45) is 5.92 Å². The highest BCUT2D eigenvalue weighted by Gasteiger charge is 2.49. The average molecular weight is 426 g/mol. The van der Waals surface area contributed by atoms with E-state index >= 15 is 0 Å². The number of aliphatic hydroxyl groups excluding tert-OH is 1. The molecule has 3 saturated heterocycles. The molecule has 0 amide bonds. The lowest BCUT2D eigenvalue weighted by molar-refractivity contribution is -0.0677. The van der Waals surface area contributed by atoms with Gasteiger partial charge < -0.3 is 14.7 Å². The Kier molecular flexibility index (Phi) is 8.03. The van der Waals surface area contributed by atoms with Crippen molar-refractivity contribution in [3.05, 3.63) is 35.4 Å². The molecule has 0 spiro atoms. The summed E-state index contributed by atoms with van der Waals surface area (Å²) in [5.41, 5.74) is 2.42. The molecule has 3 atom stereocenters. The Labute approximate surface area is 188 Å². The maximum atomic E-state index is 10.2. The van der Waals surface area contributed by atoms with Gasteiger partial charge in [0, 0.05) is 49.9 Å². The first kappa shape index (κ1) is 22.8. The van der Waals surface area contributed by atoms with Gasteiger partial charge in [0.1, 0.15) is 0 Å². The summed E-state index contributed by atoms with van der Waals surface area (Å²) in [4.78, 5) is 7.36. The molecular weight excluding hydrogens is 386 g/mol. The third-order valence-electron chi connectivity index (χ3n) is 7.23. The van der Waals surface area contributed by atoms with Gasteiger partial charge in [0.2, 0.25) is 0 Å². The number of hydrogen-bond acceptors (Lipinski definition) is 5. The molecule has 3 heterocycles. The molecule has 0 radical (unpaired) electrons. The Hall–Kier alpha value is -1.42. The molecule has 0 bridgehead atoms. The fourth-order valence-electron chi connectivity index (χ4n) is 5.56. The molecule has 0 unspecified atom stereocenters. The van der Waals surface area contributed by atoms with Gasteiger partial charge in [0.05, 0.1) is 13.2 Å². The monoisotopic (exact) mass is 425 g/mol. The fourth-order valence-corrected chi connectivity index (χ4v) is 5.56. The minimum absolute atomic E-state index is 0.242. The second kappa shape index (κ2) is 10.9. The maximum absolute atomic E-state index is 10.2. The Bertz CT molecular complexity index is 748. The molecule has 3 fully saturated rings. The van der Waals surface area contributed by atoms with E-state index in [0.717, 1.165) is 44.3 Å². The van der Waals surface area contributed by atoms with Gasteiger partial charge in [-0.05, 0) is 76.5 Å². The summed E-state index contributed by atoms with van der Waals surface area (Å²) < 4.78 is 5.57. The van der Waals surface area contributed by atoms with E-state index in [-0.39, 0.29) is 12.6 Å². The lowest BCUT2D eigenvalue weighted by atomic mass is 9.74. The van der Waals surface area contributed by atoms with Crippen LogP contribution in [0.1, 0.15) is 42.7 Å². The Morgan fingerprint density at radius 2 is 1.84 bits per heavy atom. The highest BCUT2D eigenvalue weighted by atomic mass is 16.5.